The first-order valence-electron chi connectivity index (χ1n) is 12.6. The normalized spacial score (nSPS) is 14.6. The number of nitriles is 1. The largest absolute Gasteiger partial charge is 0.497 e. The van der Waals surface area contributed by atoms with Crippen LogP contribution in [0, 0.1) is 25.2 Å². The lowest BCUT2D eigenvalue weighted by Crippen LogP contribution is -2.17. The number of thioether (sulfide) groups is 1. The smallest absolute Gasteiger partial charge is 0.137 e. The molecule has 1 aliphatic rings. The van der Waals surface area contributed by atoms with Gasteiger partial charge in [0.25, 0.3) is 0 Å². The molecule has 0 spiro atoms. The molecule has 1 aromatic heterocycles. The zero-order chi connectivity index (χ0) is 26.9. The fourth-order valence-electron chi connectivity index (χ4n) is 4.59. The average molecular weight is 544 g/mol. The van der Waals surface area contributed by atoms with Crippen molar-refractivity contribution in [1.82, 2.24) is 4.98 Å². The molecule has 6 heteroatoms. The van der Waals surface area contributed by atoms with Crippen LogP contribution in [0.2, 0.25) is 0 Å². The predicted octanol–water partition coefficient (Wildman–Crippen LogP) is 8.89. The molecule has 0 amide bonds. The maximum absolute atomic E-state index is 10.6. The van der Waals surface area contributed by atoms with Gasteiger partial charge >= 0.3 is 0 Å². The molecule has 39 heavy (non-hydrogen) atoms. The number of anilines is 1. The van der Waals surface area contributed by atoms with Crippen molar-refractivity contribution >= 4 is 55.2 Å². The summed E-state index contributed by atoms with van der Waals surface area (Å²) in [5.41, 5.74) is 7.96. The molecular formula is C33H25N3OS2. The van der Waals surface area contributed by atoms with Gasteiger partial charge in [0.15, 0.2) is 0 Å². The molecule has 190 valence electrons. The maximum Gasteiger partial charge on any atom is 0.137 e. The Morgan fingerprint density at radius 2 is 1.54 bits per heavy atom. The predicted molar refractivity (Wildman–Crippen MR) is 164 cm³/mol. The Labute approximate surface area is 236 Å². The van der Waals surface area contributed by atoms with Gasteiger partial charge in [0, 0.05) is 11.0 Å². The first-order chi connectivity index (χ1) is 19.1. The van der Waals surface area contributed by atoms with Crippen molar-refractivity contribution in [3.8, 4) is 11.8 Å². The Kier molecular flexibility index (Phi) is 6.70. The molecule has 0 fully saturated rings. The quantitative estimate of drug-likeness (QED) is 0.207. The van der Waals surface area contributed by atoms with Crippen molar-refractivity contribution in [1.29, 1.82) is 5.26 Å². The summed E-state index contributed by atoms with van der Waals surface area (Å²) in [4.78, 5) is 8.14. The van der Waals surface area contributed by atoms with E-state index >= 15 is 0 Å². The van der Waals surface area contributed by atoms with Gasteiger partial charge in [-0.2, -0.15) is 5.26 Å². The van der Waals surface area contributed by atoms with Gasteiger partial charge in [-0.25, -0.2) is 4.98 Å². The van der Waals surface area contributed by atoms with Crippen LogP contribution in [0.3, 0.4) is 0 Å². The Bertz CT molecular complexity index is 1760. The number of aromatic nitrogens is 1. The Hall–Kier alpha value is -4.31. The molecule has 1 aliphatic heterocycles. The number of fused-ring (bicyclic) bond motifs is 1. The van der Waals surface area contributed by atoms with Crippen LogP contribution in [-0.2, 0) is 0 Å². The first-order valence-corrected chi connectivity index (χ1v) is 14.2. The van der Waals surface area contributed by atoms with Gasteiger partial charge in [0.1, 0.15) is 27.4 Å². The third-order valence-electron chi connectivity index (χ3n) is 6.62. The fraction of sp³-hybridized carbons (Fsp3) is 0.0909. The van der Waals surface area contributed by atoms with E-state index in [-0.39, 0.29) is 0 Å². The van der Waals surface area contributed by atoms with Crippen LogP contribution in [-0.4, -0.2) is 12.1 Å². The highest BCUT2D eigenvalue weighted by Gasteiger charge is 2.35. The van der Waals surface area contributed by atoms with Crippen molar-refractivity contribution < 1.29 is 4.74 Å². The van der Waals surface area contributed by atoms with Gasteiger partial charge in [-0.1, -0.05) is 89.6 Å². The third kappa shape index (κ3) is 4.72. The molecule has 0 atom stereocenters. The van der Waals surface area contributed by atoms with Gasteiger partial charge < -0.3 is 9.64 Å². The summed E-state index contributed by atoms with van der Waals surface area (Å²) < 4.78 is 6.66. The minimum absolute atomic E-state index is 0.552. The van der Waals surface area contributed by atoms with E-state index in [0.717, 1.165) is 48.4 Å². The highest BCUT2D eigenvalue weighted by Crippen LogP contribution is 2.55. The van der Waals surface area contributed by atoms with Crippen LogP contribution in [0.25, 0.3) is 26.4 Å². The van der Waals surface area contributed by atoms with Crippen LogP contribution < -0.4 is 9.64 Å². The van der Waals surface area contributed by atoms with E-state index in [2.05, 4.69) is 79.4 Å². The molecular weight excluding hydrogens is 519 g/mol. The lowest BCUT2D eigenvalue weighted by atomic mass is 10.0. The maximum atomic E-state index is 10.6. The standard InChI is InChI=1S/C33H25N3OS2/c1-21-11-15-23(16-12-21)30-31(24-17-13-22(2)14-18-24)39-33(36(30)25-7-6-8-26(19-25)37-3)27(20-34)32-35-28-9-4-5-10-29(28)38-32/h4-19H,1-3H3. The van der Waals surface area contributed by atoms with Crippen molar-refractivity contribution in [3.05, 3.63) is 129 Å². The zero-order valence-electron chi connectivity index (χ0n) is 21.8. The third-order valence-corrected chi connectivity index (χ3v) is 8.89. The Morgan fingerprint density at radius 3 is 2.21 bits per heavy atom. The number of thiazole rings is 1. The lowest BCUT2D eigenvalue weighted by molar-refractivity contribution is 0.415. The van der Waals surface area contributed by atoms with Crippen LogP contribution >= 0.6 is 23.1 Å². The molecule has 0 saturated heterocycles. The number of ether oxygens (including phenoxy) is 1. The van der Waals surface area contributed by atoms with E-state index in [1.54, 1.807) is 30.2 Å². The Balaban J connectivity index is 1.65. The second-order valence-corrected chi connectivity index (χ2v) is 11.4. The number of aryl methyl sites for hydroxylation is 2. The summed E-state index contributed by atoms with van der Waals surface area (Å²) in [5.74, 6) is 0.752. The van der Waals surface area contributed by atoms with Crippen molar-refractivity contribution in [2.75, 3.05) is 12.0 Å². The number of hydrogen-bond donors (Lipinski definition) is 0. The number of methoxy groups -OCH3 is 1. The molecule has 4 nitrogen and oxygen atoms in total. The van der Waals surface area contributed by atoms with Crippen molar-refractivity contribution in [2.45, 2.75) is 13.8 Å². The molecule has 0 saturated carbocycles. The van der Waals surface area contributed by atoms with Crippen molar-refractivity contribution in [2.24, 2.45) is 0 Å². The summed E-state index contributed by atoms with van der Waals surface area (Å²) in [6.45, 7) is 4.18. The highest BCUT2D eigenvalue weighted by molar-refractivity contribution is 8.12. The van der Waals surface area contributed by atoms with Crippen LogP contribution in [0.4, 0.5) is 5.69 Å². The number of hydrogen-bond acceptors (Lipinski definition) is 6. The van der Waals surface area contributed by atoms with Gasteiger partial charge in [0.05, 0.1) is 28.7 Å². The van der Waals surface area contributed by atoms with Gasteiger partial charge in [-0.15, -0.1) is 11.3 Å². The first kappa shape index (κ1) is 25.0. The summed E-state index contributed by atoms with van der Waals surface area (Å²) in [5, 5.41) is 12.1. The minimum Gasteiger partial charge on any atom is -0.497 e. The average Bonchev–Trinajstić information content (AvgIpc) is 3.57. The summed E-state index contributed by atoms with van der Waals surface area (Å²) >= 11 is 3.16. The molecule has 0 bridgehead atoms. The molecule has 0 unspecified atom stereocenters. The SMILES string of the molecule is COc1cccc(N2C(=C(C#N)c3nc4ccccc4s3)SC(c3ccc(C)cc3)=C2c2ccc(C)cc2)c1. The molecule has 0 radical (unpaired) electrons. The fourth-order valence-corrected chi connectivity index (χ4v) is 6.90. The monoisotopic (exact) mass is 543 g/mol. The van der Waals surface area contributed by atoms with E-state index in [1.807, 2.05) is 42.5 Å². The van der Waals surface area contributed by atoms with Crippen molar-refractivity contribution in [3.63, 3.8) is 0 Å². The highest BCUT2D eigenvalue weighted by atomic mass is 32.2. The van der Waals surface area contributed by atoms with Gasteiger partial charge in [-0.3, -0.25) is 0 Å². The van der Waals surface area contributed by atoms with Gasteiger partial charge in [-0.05, 0) is 49.2 Å². The molecule has 5 aromatic rings. The van der Waals surface area contributed by atoms with E-state index in [0.29, 0.717) is 10.6 Å². The number of benzene rings is 4. The molecule has 6 rings (SSSR count). The van der Waals surface area contributed by atoms with E-state index in [9.17, 15) is 5.26 Å². The Morgan fingerprint density at radius 1 is 0.846 bits per heavy atom. The number of para-hydroxylation sites is 1. The molecule has 0 aliphatic carbocycles. The second-order valence-electron chi connectivity index (χ2n) is 9.33. The second kappa shape index (κ2) is 10.5. The molecule has 0 N–H and O–H groups in total. The summed E-state index contributed by atoms with van der Waals surface area (Å²) in [6.07, 6.45) is 0. The van der Waals surface area contributed by atoms with E-state index in [4.69, 9.17) is 9.72 Å². The topological polar surface area (TPSA) is 49.1 Å². The number of rotatable bonds is 5. The van der Waals surface area contributed by atoms with Crippen LogP contribution in [0.15, 0.2) is 102 Å². The van der Waals surface area contributed by atoms with Gasteiger partial charge in [0.2, 0.25) is 0 Å². The summed E-state index contributed by atoms with van der Waals surface area (Å²) in [7, 11) is 1.67. The number of nitrogens with zero attached hydrogens (tertiary/aromatic N) is 3. The van der Waals surface area contributed by atoms with E-state index in [1.165, 1.54) is 11.1 Å². The van der Waals surface area contributed by atoms with E-state index < -0.39 is 0 Å². The lowest BCUT2D eigenvalue weighted by Gasteiger charge is -2.25. The van der Waals surface area contributed by atoms with Crippen LogP contribution in [0.5, 0.6) is 5.75 Å². The summed E-state index contributed by atoms with van der Waals surface area (Å²) in [6, 6.07) is 35.7. The number of allylic oxidation sites excluding steroid dienone is 1. The van der Waals surface area contributed by atoms with Crippen LogP contribution in [0.1, 0.15) is 27.3 Å². The molecule has 4 aromatic carbocycles. The minimum atomic E-state index is 0.552. The molecule has 2 heterocycles. The zero-order valence-corrected chi connectivity index (χ0v) is 23.4.